The summed E-state index contributed by atoms with van der Waals surface area (Å²) in [5.41, 5.74) is 2.13. The van der Waals surface area contributed by atoms with Gasteiger partial charge in [-0.05, 0) is 79.7 Å². The Kier molecular flexibility index (Phi) is 13.9. The molecule has 0 radical (unpaired) electrons. The molecule has 0 fully saturated rings. The number of unbranched alkanes of at least 4 members (excludes halogenated alkanes) is 12. The molecule has 172 valence electrons. The van der Waals surface area contributed by atoms with Gasteiger partial charge in [0.15, 0.2) is 0 Å². The van der Waals surface area contributed by atoms with E-state index in [-0.39, 0.29) is 0 Å². The Hall–Kier alpha value is -1.22. The standard InChI is InChI=1S/C30H38Br2/c1-3-5-7-9-11-13-15-17-19-25-21-27-24-30(32)26(22-28(27)23-29(25)31)20-18-16-14-12-10-8-6-4-2/h21-24H,3-16H2,1-2H3. The normalized spacial score (nSPS) is 10.5. The first kappa shape index (κ1) is 27.0. The monoisotopic (exact) mass is 556 g/mol. The number of hydrogen-bond acceptors (Lipinski definition) is 0. The zero-order valence-electron chi connectivity index (χ0n) is 20.0. The summed E-state index contributed by atoms with van der Waals surface area (Å²) in [6, 6.07) is 8.72. The molecule has 2 heteroatoms. The maximum absolute atomic E-state index is 3.72. The first-order valence-electron chi connectivity index (χ1n) is 12.6. The van der Waals surface area contributed by atoms with Gasteiger partial charge in [-0.3, -0.25) is 0 Å². The van der Waals surface area contributed by atoms with Gasteiger partial charge in [0.2, 0.25) is 0 Å². The molecule has 0 saturated carbocycles. The predicted octanol–water partition coefficient (Wildman–Crippen LogP) is 10.6. The van der Waals surface area contributed by atoms with Gasteiger partial charge in [-0.1, -0.05) is 102 Å². The molecule has 0 atom stereocenters. The average molecular weight is 558 g/mol. The fourth-order valence-corrected chi connectivity index (χ4v) is 4.71. The summed E-state index contributed by atoms with van der Waals surface area (Å²) in [7, 11) is 0. The third-order valence-corrected chi connectivity index (χ3v) is 7.08. The van der Waals surface area contributed by atoms with Crippen molar-refractivity contribution in [1.82, 2.24) is 0 Å². The summed E-state index contributed by atoms with van der Waals surface area (Å²) < 4.78 is 2.13. The summed E-state index contributed by atoms with van der Waals surface area (Å²) in [6.45, 7) is 4.52. The van der Waals surface area contributed by atoms with Crippen molar-refractivity contribution in [3.63, 3.8) is 0 Å². The van der Waals surface area contributed by atoms with Gasteiger partial charge in [-0.2, -0.15) is 0 Å². The third kappa shape index (κ3) is 10.1. The molecule has 0 aliphatic rings. The Labute approximate surface area is 213 Å². The second-order valence-electron chi connectivity index (χ2n) is 8.65. The molecule has 0 aliphatic heterocycles. The van der Waals surface area contributed by atoms with Crippen molar-refractivity contribution in [2.45, 2.75) is 104 Å². The fourth-order valence-electron chi connectivity index (χ4n) is 3.79. The molecule has 2 aromatic carbocycles. The lowest BCUT2D eigenvalue weighted by Gasteiger charge is -2.05. The summed E-state index contributed by atoms with van der Waals surface area (Å²) >= 11 is 7.44. The van der Waals surface area contributed by atoms with Gasteiger partial charge in [0, 0.05) is 32.9 Å². The van der Waals surface area contributed by atoms with Gasteiger partial charge in [0.05, 0.1) is 0 Å². The maximum atomic E-state index is 3.72. The van der Waals surface area contributed by atoms with Crippen LogP contribution in [0, 0.1) is 23.7 Å². The number of halogens is 2. The Morgan fingerprint density at radius 3 is 1.31 bits per heavy atom. The lowest BCUT2D eigenvalue weighted by atomic mass is 10.0. The molecular weight excluding hydrogens is 520 g/mol. The van der Waals surface area contributed by atoms with Gasteiger partial charge in [-0.25, -0.2) is 0 Å². The summed E-state index contributed by atoms with van der Waals surface area (Å²) in [4.78, 5) is 0. The topological polar surface area (TPSA) is 0 Å². The van der Waals surface area contributed by atoms with Crippen molar-refractivity contribution in [2.24, 2.45) is 0 Å². The van der Waals surface area contributed by atoms with Crippen LogP contribution in [-0.4, -0.2) is 0 Å². The number of benzene rings is 2. The summed E-state index contributed by atoms with van der Waals surface area (Å²) in [5.74, 6) is 13.5. The molecule has 32 heavy (non-hydrogen) atoms. The highest BCUT2D eigenvalue weighted by atomic mass is 79.9. The van der Waals surface area contributed by atoms with Crippen LogP contribution in [0.15, 0.2) is 33.2 Å². The molecule has 2 rings (SSSR count). The van der Waals surface area contributed by atoms with Gasteiger partial charge in [-0.15, -0.1) is 0 Å². The summed E-state index contributed by atoms with van der Waals surface area (Å²) in [5, 5.41) is 2.40. The molecular formula is C30H38Br2. The van der Waals surface area contributed by atoms with Crippen molar-refractivity contribution in [2.75, 3.05) is 0 Å². The van der Waals surface area contributed by atoms with E-state index in [9.17, 15) is 0 Å². The van der Waals surface area contributed by atoms with E-state index < -0.39 is 0 Å². The molecule has 0 nitrogen and oxygen atoms in total. The Balaban J connectivity index is 1.94. The molecule has 0 N–H and O–H groups in total. The lowest BCUT2D eigenvalue weighted by molar-refractivity contribution is 0.614. The first-order chi connectivity index (χ1) is 15.7. The zero-order valence-corrected chi connectivity index (χ0v) is 23.1. The van der Waals surface area contributed by atoms with Crippen LogP contribution in [0.5, 0.6) is 0 Å². The minimum Gasteiger partial charge on any atom is -0.0979 e. The summed E-state index contributed by atoms with van der Waals surface area (Å²) in [6.07, 6.45) is 17.7. The van der Waals surface area contributed by atoms with E-state index in [1.807, 2.05) is 0 Å². The highest BCUT2D eigenvalue weighted by Gasteiger charge is 2.05. The minimum absolute atomic E-state index is 0.980. The van der Waals surface area contributed by atoms with Crippen LogP contribution in [0.4, 0.5) is 0 Å². The van der Waals surface area contributed by atoms with Gasteiger partial charge < -0.3 is 0 Å². The predicted molar refractivity (Wildman–Crippen MR) is 149 cm³/mol. The second kappa shape index (κ2) is 16.4. The maximum Gasteiger partial charge on any atom is 0.0393 e. The first-order valence-corrected chi connectivity index (χ1v) is 14.1. The molecule has 0 amide bonds. The van der Waals surface area contributed by atoms with Crippen molar-refractivity contribution in [1.29, 1.82) is 0 Å². The smallest absolute Gasteiger partial charge is 0.0393 e. The minimum atomic E-state index is 0.980. The molecule has 0 spiro atoms. The van der Waals surface area contributed by atoms with E-state index in [1.54, 1.807) is 0 Å². The van der Waals surface area contributed by atoms with E-state index in [1.165, 1.54) is 87.8 Å². The van der Waals surface area contributed by atoms with E-state index in [2.05, 4.69) is 93.7 Å². The zero-order chi connectivity index (χ0) is 23.0. The van der Waals surface area contributed by atoms with Crippen molar-refractivity contribution in [3.8, 4) is 23.7 Å². The number of rotatable bonds is 12. The highest BCUT2D eigenvalue weighted by molar-refractivity contribution is 9.10. The Bertz CT molecular complexity index is 871. The Morgan fingerprint density at radius 2 is 0.906 bits per heavy atom. The van der Waals surface area contributed by atoms with Gasteiger partial charge in [0.25, 0.3) is 0 Å². The molecule has 0 aromatic heterocycles. The van der Waals surface area contributed by atoms with Crippen molar-refractivity contribution < 1.29 is 0 Å². The van der Waals surface area contributed by atoms with E-state index in [0.717, 1.165) is 32.9 Å². The molecule has 0 aliphatic carbocycles. The quantitative estimate of drug-likeness (QED) is 0.180. The molecule has 0 unspecified atom stereocenters. The van der Waals surface area contributed by atoms with Crippen LogP contribution >= 0.6 is 31.9 Å². The van der Waals surface area contributed by atoms with E-state index in [4.69, 9.17) is 0 Å². The SMILES string of the molecule is CCCCCCCCC#Cc1cc2cc(Br)c(C#CCCCCCCCC)cc2cc1Br. The largest absolute Gasteiger partial charge is 0.0979 e. The molecule has 2 aromatic rings. The Morgan fingerprint density at radius 1 is 0.531 bits per heavy atom. The van der Waals surface area contributed by atoms with E-state index in [0.29, 0.717) is 0 Å². The fraction of sp³-hybridized carbons (Fsp3) is 0.533. The van der Waals surface area contributed by atoms with Gasteiger partial charge in [0.1, 0.15) is 0 Å². The highest BCUT2D eigenvalue weighted by Crippen LogP contribution is 2.29. The van der Waals surface area contributed by atoms with Crippen LogP contribution in [0.25, 0.3) is 10.8 Å². The van der Waals surface area contributed by atoms with Crippen LogP contribution < -0.4 is 0 Å². The lowest BCUT2D eigenvalue weighted by Crippen LogP contribution is -1.85. The van der Waals surface area contributed by atoms with Crippen molar-refractivity contribution >= 4 is 42.6 Å². The number of hydrogen-bond donors (Lipinski definition) is 0. The average Bonchev–Trinajstić information content (AvgIpc) is 2.78. The molecule has 0 saturated heterocycles. The molecule has 0 heterocycles. The van der Waals surface area contributed by atoms with Crippen molar-refractivity contribution in [3.05, 3.63) is 44.3 Å². The second-order valence-corrected chi connectivity index (χ2v) is 10.4. The number of fused-ring (bicyclic) bond motifs is 1. The molecule has 0 bridgehead atoms. The van der Waals surface area contributed by atoms with Gasteiger partial charge >= 0.3 is 0 Å². The van der Waals surface area contributed by atoms with E-state index >= 15 is 0 Å². The van der Waals surface area contributed by atoms with Crippen LogP contribution in [-0.2, 0) is 0 Å². The third-order valence-electron chi connectivity index (χ3n) is 5.77. The van der Waals surface area contributed by atoms with Crippen LogP contribution in [0.3, 0.4) is 0 Å². The van der Waals surface area contributed by atoms with Crippen LogP contribution in [0.1, 0.15) is 115 Å². The van der Waals surface area contributed by atoms with Crippen LogP contribution in [0.2, 0.25) is 0 Å².